The molecule has 0 saturated carbocycles. The van der Waals surface area contributed by atoms with Gasteiger partial charge in [0.2, 0.25) is 0 Å². The van der Waals surface area contributed by atoms with E-state index in [0.717, 1.165) is 12.4 Å². The Morgan fingerprint density at radius 3 is 2.18 bits per heavy atom. The van der Waals surface area contributed by atoms with Gasteiger partial charge in [-0.05, 0) is 0 Å². The lowest BCUT2D eigenvalue weighted by atomic mass is 10.6. The third-order valence-corrected chi connectivity index (χ3v) is 1.01. The van der Waals surface area contributed by atoms with Gasteiger partial charge in [-0.25, -0.2) is 4.39 Å². The van der Waals surface area contributed by atoms with Crippen molar-refractivity contribution in [2.45, 2.75) is 0 Å². The van der Waals surface area contributed by atoms with E-state index in [1.54, 1.807) is 0 Å². The highest BCUT2D eigenvalue weighted by Crippen LogP contribution is 2.04. The van der Waals surface area contributed by atoms with Crippen LogP contribution in [0.5, 0.6) is 0 Å². The van der Waals surface area contributed by atoms with Crippen LogP contribution in [-0.4, -0.2) is 5.17 Å². The monoisotopic (exact) mass is 216 g/mol. The molecular formula is C5H4Cl3FN2. The Hall–Kier alpha value is -0.250. The maximum absolute atomic E-state index is 12.3. The predicted molar refractivity (Wildman–Crippen MR) is 45.7 cm³/mol. The first kappa shape index (κ1) is 10.8. The molecule has 0 spiro atoms. The summed E-state index contributed by atoms with van der Waals surface area (Å²) >= 11 is 15.3. The van der Waals surface area contributed by atoms with Gasteiger partial charge >= 0.3 is 0 Å². The van der Waals surface area contributed by atoms with Crippen LogP contribution >= 0.6 is 34.8 Å². The van der Waals surface area contributed by atoms with Crippen molar-refractivity contribution >= 4 is 40.0 Å². The summed E-state index contributed by atoms with van der Waals surface area (Å²) < 4.78 is 12.3. The van der Waals surface area contributed by atoms with Gasteiger partial charge in [-0.2, -0.15) is 0 Å². The smallest absolute Gasteiger partial charge is 0.175 e. The predicted octanol–water partition coefficient (Wildman–Crippen LogP) is 2.88. The van der Waals surface area contributed by atoms with E-state index in [4.69, 9.17) is 40.2 Å². The molecule has 0 rings (SSSR count). The molecule has 6 heteroatoms. The fraction of sp³-hybridized carbons (Fsp3) is 0. The first-order chi connectivity index (χ1) is 5.04. The number of hydrogen-bond donors (Lipinski definition) is 2. The number of nitrogens with one attached hydrogen (secondary N) is 2. The molecule has 11 heavy (non-hydrogen) atoms. The van der Waals surface area contributed by atoms with Gasteiger partial charge in [-0.1, -0.05) is 34.8 Å². The van der Waals surface area contributed by atoms with Crippen LogP contribution in [-0.2, 0) is 0 Å². The summed E-state index contributed by atoms with van der Waals surface area (Å²) in [6.45, 7) is 0. The van der Waals surface area contributed by atoms with Gasteiger partial charge in [0.1, 0.15) is 4.49 Å². The molecule has 0 unspecified atom stereocenters. The third kappa shape index (κ3) is 6.16. The highest BCUT2D eigenvalue weighted by molar-refractivity contribution is 6.68. The summed E-state index contributed by atoms with van der Waals surface area (Å²) in [5.74, 6) is -0.891. The molecule has 0 aromatic carbocycles. The fourth-order valence-corrected chi connectivity index (χ4v) is 0.422. The van der Waals surface area contributed by atoms with Crippen LogP contribution < -0.4 is 5.32 Å². The molecule has 0 heterocycles. The molecule has 0 saturated heterocycles. The average Bonchev–Trinajstić information content (AvgIpc) is 1.86. The number of allylic oxidation sites excluding steroid dienone is 1. The molecule has 2 N–H and O–H groups in total. The normalized spacial score (nSPS) is 10.7. The minimum atomic E-state index is -0.891. The Kier molecular flexibility index (Phi) is 5.28. The zero-order chi connectivity index (χ0) is 8.85. The van der Waals surface area contributed by atoms with Gasteiger partial charge < -0.3 is 5.32 Å². The van der Waals surface area contributed by atoms with Crippen LogP contribution in [0, 0.1) is 5.41 Å². The van der Waals surface area contributed by atoms with Gasteiger partial charge in [0.05, 0.1) is 0 Å². The molecule has 0 bridgehead atoms. The lowest BCUT2D eigenvalue weighted by Gasteiger charge is -1.91. The lowest BCUT2D eigenvalue weighted by molar-refractivity contribution is 0.675. The Balaban J connectivity index is 3.94. The van der Waals surface area contributed by atoms with E-state index >= 15 is 0 Å². The quantitative estimate of drug-likeness (QED) is 0.701. The van der Waals surface area contributed by atoms with E-state index in [1.807, 2.05) is 0 Å². The Bertz CT molecular complexity index is 208. The maximum Gasteiger partial charge on any atom is 0.175 e. The van der Waals surface area contributed by atoms with Crippen molar-refractivity contribution in [2.75, 3.05) is 0 Å². The lowest BCUT2D eigenvalue weighted by Crippen LogP contribution is -1.96. The Morgan fingerprint density at radius 1 is 1.27 bits per heavy atom. The first-order valence-electron chi connectivity index (χ1n) is 2.41. The molecule has 0 aliphatic rings. The summed E-state index contributed by atoms with van der Waals surface area (Å²) in [5, 5.41) is 8.18. The maximum atomic E-state index is 12.3. The van der Waals surface area contributed by atoms with E-state index in [1.165, 1.54) is 0 Å². The van der Waals surface area contributed by atoms with Crippen molar-refractivity contribution < 1.29 is 4.39 Å². The zero-order valence-corrected chi connectivity index (χ0v) is 7.43. The molecule has 62 valence electrons. The van der Waals surface area contributed by atoms with Gasteiger partial charge in [0.25, 0.3) is 0 Å². The molecule has 0 radical (unpaired) electrons. The SMILES string of the molecule is N=C(Cl)/C(F)=C\NC=C(Cl)Cl. The molecule has 0 atom stereocenters. The Morgan fingerprint density at radius 2 is 1.82 bits per heavy atom. The van der Waals surface area contributed by atoms with Gasteiger partial charge in [-0.15, -0.1) is 0 Å². The van der Waals surface area contributed by atoms with E-state index in [2.05, 4.69) is 5.32 Å². The molecule has 0 amide bonds. The summed E-state index contributed by atoms with van der Waals surface area (Å²) in [6.07, 6.45) is 2.00. The molecule has 0 aromatic rings. The third-order valence-electron chi connectivity index (χ3n) is 0.612. The second kappa shape index (κ2) is 5.41. The molecular weight excluding hydrogens is 213 g/mol. The van der Waals surface area contributed by atoms with Crippen LogP contribution in [0.3, 0.4) is 0 Å². The molecule has 0 fully saturated rings. The second-order valence-corrected chi connectivity index (χ2v) is 2.79. The van der Waals surface area contributed by atoms with E-state index in [-0.39, 0.29) is 4.49 Å². The standard InChI is InChI=1S/C5H4Cl3FN2/c6-4(7)2-11-1-3(9)5(8)10/h1-2,10-11H/b3-1+,10-5?. The van der Waals surface area contributed by atoms with Crippen LogP contribution in [0.15, 0.2) is 22.7 Å². The summed E-state index contributed by atoms with van der Waals surface area (Å²) in [7, 11) is 0. The van der Waals surface area contributed by atoms with Crippen molar-refractivity contribution in [3.8, 4) is 0 Å². The molecule has 0 aromatic heterocycles. The van der Waals surface area contributed by atoms with E-state index in [9.17, 15) is 4.39 Å². The van der Waals surface area contributed by atoms with Crippen molar-refractivity contribution in [1.82, 2.24) is 5.32 Å². The summed E-state index contributed by atoms with van der Waals surface area (Å²) in [5.41, 5.74) is 0. The van der Waals surface area contributed by atoms with Crippen molar-refractivity contribution in [3.05, 3.63) is 22.7 Å². The fourth-order valence-electron chi connectivity index (χ4n) is 0.241. The topological polar surface area (TPSA) is 35.9 Å². The summed E-state index contributed by atoms with van der Waals surface area (Å²) in [6, 6.07) is 0. The van der Waals surface area contributed by atoms with Gasteiger partial charge in [0, 0.05) is 12.4 Å². The van der Waals surface area contributed by atoms with Crippen molar-refractivity contribution in [2.24, 2.45) is 0 Å². The average molecular weight is 217 g/mol. The van der Waals surface area contributed by atoms with E-state index in [0.29, 0.717) is 0 Å². The van der Waals surface area contributed by atoms with Crippen molar-refractivity contribution in [1.29, 1.82) is 5.41 Å². The molecule has 2 nitrogen and oxygen atoms in total. The van der Waals surface area contributed by atoms with Crippen LogP contribution in [0.4, 0.5) is 4.39 Å². The highest BCUT2D eigenvalue weighted by Gasteiger charge is 1.96. The van der Waals surface area contributed by atoms with Gasteiger partial charge in [0.15, 0.2) is 11.0 Å². The van der Waals surface area contributed by atoms with Crippen LogP contribution in [0.2, 0.25) is 0 Å². The molecule has 0 aliphatic heterocycles. The van der Waals surface area contributed by atoms with Gasteiger partial charge in [-0.3, -0.25) is 5.41 Å². The zero-order valence-electron chi connectivity index (χ0n) is 5.17. The number of hydrogen-bond acceptors (Lipinski definition) is 2. The largest absolute Gasteiger partial charge is 0.363 e. The van der Waals surface area contributed by atoms with Crippen LogP contribution in [0.25, 0.3) is 0 Å². The minimum Gasteiger partial charge on any atom is -0.363 e. The number of halogens is 4. The molecule has 0 aliphatic carbocycles. The second-order valence-electron chi connectivity index (χ2n) is 1.41. The minimum absolute atomic E-state index is 0.0462. The first-order valence-corrected chi connectivity index (χ1v) is 3.54. The summed E-state index contributed by atoms with van der Waals surface area (Å²) in [4.78, 5) is 0. The van der Waals surface area contributed by atoms with Crippen LogP contribution in [0.1, 0.15) is 0 Å². The number of rotatable bonds is 3. The Labute approximate surface area is 78.1 Å². The highest BCUT2D eigenvalue weighted by atomic mass is 35.5. The van der Waals surface area contributed by atoms with E-state index < -0.39 is 11.0 Å². The van der Waals surface area contributed by atoms with Crippen molar-refractivity contribution in [3.63, 3.8) is 0 Å².